The molecule has 1 nitrogen and oxygen atoms in total. The van der Waals surface area contributed by atoms with Crippen molar-refractivity contribution in [3.05, 3.63) is 48.6 Å². The van der Waals surface area contributed by atoms with Gasteiger partial charge in [-0.3, -0.25) is 0 Å². The molecule has 2 rings (SSSR count). The molecular weight excluding hydrogens is 160 g/mol. The highest BCUT2D eigenvalue weighted by molar-refractivity contribution is 5.32. The maximum Gasteiger partial charge on any atom is 0.0715 e. The quantitative estimate of drug-likeness (QED) is 0.640. The Hall–Kier alpha value is -1.08. The van der Waals surface area contributed by atoms with Gasteiger partial charge in [0.2, 0.25) is 0 Å². The molecule has 3 atom stereocenters. The van der Waals surface area contributed by atoms with E-state index in [-0.39, 0.29) is 0 Å². The fourth-order valence-electron chi connectivity index (χ4n) is 1.98. The van der Waals surface area contributed by atoms with Crippen LogP contribution in [0.3, 0.4) is 0 Å². The lowest BCUT2D eigenvalue weighted by molar-refractivity contribution is 0.171. The summed E-state index contributed by atoms with van der Waals surface area (Å²) < 4.78 is 5.36. The van der Waals surface area contributed by atoms with Crippen LogP contribution in [0.15, 0.2) is 43.0 Å². The lowest BCUT2D eigenvalue weighted by atomic mass is 10.1. The molecule has 1 saturated carbocycles. The zero-order valence-electron chi connectivity index (χ0n) is 7.81. The smallest absolute Gasteiger partial charge is 0.0715 e. The molecule has 0 saturated heterocycles. The number of benzene rings is 1. The van der Waals surface area contributed by atoms with E-state index in [2.05, 4.69) is 30.8 Å². The van der Waals surface area contributed by atoms with Crippen LogP contribution in [0.5, 0.6) is 0 Å². The Balaban J connectivity index is 2.16. The van der Waals surface area contributed by atoms with Crippen molar-refractivity contribution in [1.82, 2.24) is 0 Å². The van der Waals surface area contributed by atoms with Gasteiger partial charge in [0.1, 0.15) is 0 Å². The van der Waals surface area contributed by atoms with E-state index in [9.17, 15) is 0 Å². The van der Waals surface area contributed by atoms with Gasteiger partial charge in [-0.25, -0.2) is 0 Å². The third-order valence-corrected chi connectivity index (χ3v) is 2.74. The summed E-state index contributed by atoms with van der Waals surface area (Å²) in [4.78, 5) is 0. The van der Waals surface area contributed by atoms with E-state index in [1.807, 2.05) is 12.1 Å². The normalized spacial score (nSPS) is 31.3. The van der Waals surface area contributed by atoms with Crippen molar-refractivity contribution in [3.8, 4) is 0 Å². The Bertz CT molecular complexity index is 291. The van der Waals surface area contributed by atoms with Crippen molar-refractivity contribution in [3.63, 3.8) is 0 Å². The molecule has 0 spiro atoms. The first-order chi connectivity index (χ1) is 6.38. The molecule has 0 N–H and O–H groups in total. The fourth-order valence-corrected chi connectivity index (χ4v) is 1.98. The SMILES string of the molecule is C=CC1C(OC)C1c1ccccc1. The summed E-state index contributed by atoms with van der Waals surface area (Å²) in [7, 11) is 1.77. The molecule has 0 aromatic heterocycles. The van der Waals surface area contributed by atoms with Gasteiger partial charge >= 0.3 is 0 Å². The summed E-state index contributed by atoms with van der Waals surface area (Å²) in [5, 5.41) is 0. The van der Waals surface area contributed by atoms with Gasteiger partial charge in [0.15, 0.2) is 0 Å². The van der Waals surface area contributed by atoms with Gasteiger partial charge in [-0.2, -0.15) is 0 Å². The number of hydrogen-bond acceptors (Lipinski definition) is 1. The standard InChI is InChI=1S/C12H14O/c1-3-10-11(12(10)13-2)9-7-5-4-6-8-9/h3-8,10-12H,1H2,2H3. The Labute approximate surface area is 79.0 Å². The van der Waals surface area contributed by atoms with E-state index < -0.39 is 0 Å². The molecular formula is C12H14O. The van der Waals surface area contributed by atoms with Crippen LogP contribution >= 0.6 is 0 Å². The van der Waals surface area contributed by atoms with Crippen LogP contribution in [0, 0.1) is 5.92 Å². The van der Waals surface area contributed by atoms with Crippen LogP contribution in [0.4, 0.5) is 0 Å². The second-order valence-electron chi connectivity index (χ2n) is 3.45. The van der Waals surface area contributed by atoms with E-state index in [0.717, 1.165) is 0 Å². The molecule has 0 bridgehead atoms. The largest absolute Gasteiger partial charge is 0.380 e. The first kappa shape index (κ1) is 8.52. The van der Waals surface area contributed by atoms with Crippen molar-refractivity contribution in [2.24, 2.45) is 5.92 Å². The van der Waals surface area contributed by atoms with Crippen LogP contribution in [0.2, 0.25) is 0 Å². The molecule has 0 amide bonds. The van der Waals surface area contributed by atoms with Crippen LogP contribution in [0.1, 0.15) is 11.5 Å². The summed E-state index contributed by atoms with van der Waals surface area (Å²) in [6, 6.07) is 10.5. The van der Waals surface area contributed by atoms with E-state index in [1.165, 1.54) is 5.56 Å². The van der Waals surface area contributed by atoms with E-state index in [0.29, 0.717) is 17.9 Å². The van der Waals surface area contributed by atoms with Crippen molar-refractivity contribution in [2.45, 2.75) is 12.0 Å². The first-order valence-electron chi connectivity index (χ1n) is 4.58. The minimum Gasteiger partial charge on any atom is -0.380 e. The highest BCUT2D eigenvalue weighted by atomic mass is 16.5. The summed E-state index contributed by atoms with van der Waals surface area (Å²) in [5.74, 6) is 1.04. The van der Waals surface area contributed by atoms with Crippen molar-refractivity contribution < 1.29 is 4.74 Å². The predicted molar refractivity (Wildman–Crippen MR) is 53.7 cm³/mol. The second kappa shape index (κ2) is 3.35. The van der Waals surface area contributed by atoms with Crippen molar-refractivity contribution >= 4 is 0 Å². The van der Waals surface area contributed by atoms with Gasteiger partial charge in [0.25, 0.3) is 0 Å². The fraction of sp³-hybridized carbons (Fsp3) is 0.333. The van der Waals surface area contributed by atoms with Crippen LogP contribution < -0.4 is 0 Å². The van der Waals surface area contributed by atoms with Gasteiger partial charge in [-0.1, -0.05) is 36.4 Å². The van der Waals surface area contributed by atoms with E-state index in [1.54, 1.807) is 7.11 Å². The molecule has 1 fully saturated rings. The molecule has 1 aromatic carbocycles. The highest BCUT2D eigenvalue weighted by Crippen LogP contribution is 2.50. The Morgan fingerprint density at radius 3 is 2.46 bits per heavy atom. The predicted octanol–water partition coefficient (Wildman–Crippen LogP) is 2.60. The van der Waals surface area contributed by atoms with Crippen LogP contribution in [0.25, 0.3) is 0 Å². The molecule has 13 heavy (non-hydrogen) atoms. The number of methoxy groups -OCH3 is 1. The van der Waals surface area contributed by atoms with E-state index in [4.69, 9.17) is 4.74 Å². The summed E-state index contributed by atoms with van der Waals surface area (Å²) >= 11 is 0. The van der Waals surface area contributed by atoms with Crippen LogP contribution in [-0.4, -0.2) is 13.2 Å². The molecule has 0 heterocycles. The Kier molecular flexibility index (Phi) is 2.19. The average Bonchev–Trinajstić information content (AvgIpc) is 2.92. The first-order valence-corrected chi connectivity index (χ1v) is 4.58. The molecule has 3 unspecified atom stereocenters. The molecule has 1 heteroatoms. The second-order valence-corrected chi connectivity index (χ2v) is 3.45. The van der Waals surface area contributed by atoms with Crippen LogP contribution in [-0.2, 0) is 4.74 Å². The lowest BCUT2D eigenvalue weighted by Gasteiger charge is -1.96. The zero-order chi connectivity index (χ0) is 9.26. The molecule has 1 aliphatic rings. The third kappa shape index (κ3) is 1.40. The number of rotatable bonds is 3. The monoisotopic (exact) mass is 174 g/mol. The molecule has 0 radical (unpaired) electrons. The summed E-state index contributed by atoms with van der Waals surface area (Å²) in [6.45, 7) is 3.82. The van der Waals surface area contributed by atoms with Crippen molar-refractivity contribution in [2.75, 3.05) is 7.11 Å². The Morgan fingerprint density at radius 2 is 2.00 bits per heavy atom. The maximum absolute atomic E-state index is 5.36. The van der Waals surface area contributed by atoms with Gasteiger partial charge in [0.05, 0.1) is 6.10 Å². The number of hydrogen-bond donors (Lipinski definition) is 0. The summed E-state index contributed by atoms with van der Waals surface area (Å²) in [5.41, 5.74) is 1.36. The van der Waals surface area contributed by atoms with Gasteiger partial charge in [0, 0.05) is 18.9 Å². The molecule has 0 aliphatic heterocycles. The molecule has 1 aromatic rings. The molecule has 1 aliphatic carbocycles. The van der Waals surface area contributed by atoms with Crippen molar-refractivity contribution in [1.29, 1.82) is 0 Å². The minimum atomic E-state index is 0.347. The maximum atomic E-state index is 5.36. The average molecular weight is 174 g/mol. The molecule has 68 valence electrons. The van der Waals surface area contributed by atoms with Gasteiger partial charge in [-0.05, 0) is 5.56 Å². The zero-order valence-corrected chi connectivity index (χ0v) is 7.81. The topological polar surface area (TPSA) is 9.23 Å². The van der Waals surface area contributed by atoms with Gasteiger partial charge < -0.3 is 4.74 Å². The van der Waals surface area contributed by atoms with E-state index >= 15 is 0 Å². The minimum absolute atomic E-state index is 0.347. The van der Waals surface area contributed by atoms with Gasteiger partial charge in [-0.15, -0.1) is 6.58 Å². The highest BCUT2D eigenvalue weighted by Gasteiger charge is 2.49. The Morgan fingerprint density at radius 1 is 1.31 bits per heavy atom. The number of ether oxygens (including phenoxy) is 1. The third-order valence-electron chi connectivity index (χ3n) is 2.74. The summed E-state index contributed by atoms with van der Waals surface area (Å²) in [6.07, 6.45) is 2.34. The lowest BCUT2D eigenvalue weighted by Crippen LogP contribution is -1.90.